The molecule has 2 aliphatic carbocycles. The molecule has 4 rings (SSSR count). The second-order valence-corrected chi connectivity index (χ2v) is 8.29. The zero-order chi connectivity index (χ0) is 20.4. The van der Waals surface area contributed by atoms with Crippen LogP contribution in [0.1, 0.15) is 56.9 Å². The number of benzene rings is 1. The number of nitrogens with zero attached hydrogens (tertiary/aromatic N) is 2. The van der Waals surface area contributed by atoms with Gasteiger partial charge in [0.25, 0.3) is 5.91 Å². The Morgan fingerprint density at radius 2 is 1.93 bits per heavy atom. The predicted octanol–water partition coefficient (Wildman–Crippen LogP) is 2.47. The van der Waals surface area contributed by atoms with Crippen molar-refractivity contribution in [3.05, 3.63) is 35.6 Å². The molecule has 1 aliphatic heterocycles. The Morgan fingerprint density at radius 1 is 1.21 bits per heavy atom. The Balaban J connectivity index is 1.32. The van der Waals surface area contributed by atoms with Gasteiger partial charge in [0.15, 0.2) is 0 Å². The molecule has 1 saturated heterocycles. The number of amides is 4. The average molecular weight is 402 g/mol. The van der Waals surface area contributed by atoms with Crippen LogP contribution in [0.5, 0.6) is 0 Å². The van der Waals surface area contributed by atoms with E-state index in [1.165, 1.54) is 6.07 Å². The van der Waals surface area contributed by atoms with Crippen LogP contribution in [-0.2, 0) is 16.1 Å². The minimum absolute atomic E-state index is 0.134. The zero-order valence-electron chi connectivity index (χ0n) is 16.5. The summed E-state index contributed by atoms with van der Waals surface area (Å²) >= 11 is 0. The third-order valence-corrected chi connectivity index (χ3v) is 6.13. The maximum Gasteiger partial charge on any atom is 0.344 e. The Hall–Kier alpha value is -2.48. The molecule has 0 radical (unpaired) electrons. The highest BCUT2D eigenvalue weighted by atomic mass is 19.1. The Bertz CT molecular complexity index is 805. The number of nitrogens with one attached hydrogen (secondary N) is 2. The summed E-state index contributed by atoms with van der Waals surface area (Å²) in [5, 5.41) is 3.62. The molecule has 7 nitrogen and oxygen atoms in total. The lowest BCUT2D eigenvalue weighted by molar-refractivity contribution is -0.140. The van der Waals surface area contributed by atoms with Crippen LogP contribution in [-0.4, -0.2) is 45.9 Å². The SMILES string of the molecule is O=C(CCN(Cc1ccccc1F)C1CC1)NN1C(=O)NC2(CCCCC2)C1=O. The van der Waals surface area contributed by atoms with Crippen molar-refractivity contribution in [1.82, 2.24) is 20.7 Å². The van der Waals surface area contributed by atoms with Gasteiger partial charge in [-0.1, -0.05) is 37.5 Å². The van der Waals surface area contributed by atoms with Crippen LogP contribution < -0.4 is 10.7 Å². The minimum Gasteiger partial charge on any atom is -0.322 e. The van der Waals surface area contributed by atoms with Crippen molar-refractivity contribution >= 4 is 17.8 Å². The maximum absolute atomic E-state index is 14.0. The fourth-order valence-corrected chi connectivity index (χ4v) is 4.32. The first-order valence-electron chi connectivity index (χ1n) is 10.4. The van der Waals surface area contributed by atoms with Crippen LogP contribution in [0.15, 0.2) is 24.3 Å². The van der Waals surface area contributed by atoms with Crippen LogP contribution >= 0.6 is 0 Å². The highest BCUT2D eigenvalue weighted by Gasteiger charge is 2.52. The van der Waals surface area contributed by atoms with Crippen LogP contribution in [0.25, 0.3) is 0 Å². The van der Waals surface area contributed by atoms with Crippen LogP contribution in [0, 0.1) is 5.82 Å². The van der Waals surface area contributed by atoms with E-state index in [-0.39, 0.29) is 24.1 Å². The van der Waals surface area contributed by atoms with E-state index in [1.807, 2.05) is 0 Å². The third-order valence-electron chi connectivity index (χ3n) is 6.13. The average Bonchev–Trinajstić information content (AvgIpc) is 3.53. The van der Waals surface area contributed by atoms with Crippen molar-refractivity contribution in [2.24, 2.45) is 0 Å². The Kier molecular flexibility index (Phi) is 5.54. The number of carbonyl (C=O) groups is 3. The van der Waals surface area contributed by atoms with Crippen LogP contribution in [0.2, 0.25) is 0 Å². The second kappa shape index (κ2) is 8.10. The van der Waals surface area contributed by atoms with E-state index in [2.05, 4.69) is 15.6 Å². The van der Waals surface area contributed by atoms with Gasteiger partial charge < -0.3 is 5.32 Å². The number of hydrogen-bond donors (Lipinski definition) is 2. The fraction of sp³-hybridized carbons (Fsp3) is 0.571. The number of carbonyl (C=O) groups excluding carboxylic acids is 3. The first kappa shape index (κ1) is 19.8. The zero-order valence-corrected chi connectivity index (χ0v) is 16.5. The molecule has 156 valence electrons. The largest absolute Gasteiger partial charge is 0.344 e. The molecule has 4 amide bonds. The molecule has 0 unspecified atom stereocenters. The maximum atomic E-state index is 14.0. The van der Waals surface area contributed by atoms with E-state index in [4.69, 9.17) is 0 Å². The van der Waals surface area contributed by atoms with E-state index in [0.29, 0.717) is 37.5 Å². The molecule has 2 N–H and O–H groups in total. The second-order valence-electron chi connectivity index (χ2n) is 8.29. The number of rotatable bonds is 7. The van der Waals surface area contributed by atoms with Crippen molar-refractivity contribution in [3.8, 4) is 0 Å². The molecule has 0 atom stereocenters. The Labute approximate surface area is 169 Å². The highest BCUT2D eigenvalue weighted by Crippen LogP contribution is 2.33. The van der Waals surface area contributed by atoms with Crippen molar-refractivity contribution in [1.29, 1.82) is 0 Å². The van der Waals surface area contributed by atoms with Gasteiger partial charge in [-0.2, -0.15) is 5.01 Å². The van der Waals surface area contributed by atoms with E-state index in [1.54, 1.807) is 18.2 Å². The molecule has 29 heavy (non-hydrogen) atoms. The predicted molar refractivity (Wildman–Crippen MR) is 104 cm³/mol. The summed E-state index contributed by atoms with van der Waals surface area (Å²) in [6.45, 7) is 0.885. The highest BCUT2D eigenvalue weighted by molar-refractivity contribution is 6.08. The summed E-state index contributed by atoms with van der Waals surface area (Å²) < 4.78 is 14.0. The first-order chi connectivity index (χ1) is 14.0. The van der Waals surface area contributed by atoms with E-state index in [9.17, 15) is 18.8 Å². The van der Waals surface area contributed by atoms with Gasteiger partial charge in [-0.3, -0.25) is 19.9 Å². The quantitative estimate of drug-likeness (QED) is 0.687. The molecule has 8 heteroatoms. The molecule has 0 bridgehead atoms. The van der Waals surface area contributed by atoms with E-state index >= 15 is 0 Å². The van der Waals surface area contributed by atoms with Crippen LogP contribution in [0.4, 0.5) is 9.18 Å². The van der Waals surface area contributed by atoms with Gasteiger partial charge in [0.2, 0.25) is 5.91 Å². The molecule has 1 aromatic rings. The van der Waals surface area contributed by atoms with Crippen LogP contribution in [0.3, 0.4) is 0 Å². The van der Waals surface area contributed by atoms with Crippen molar-refractivity contribution in [2.45, 2.75) is 69.5 Å². The lowest BCUT2D eigenvalue weighted by atomic mass is 9.82. The van der Waals surface area contributed by atoms with Crippen molar-refractivity contribution < 1.29 is 18.8 Å². The number of hydrazine groups is 1. The molecule has 3 fully saturated rings. The summed E-state index contributed by atoms with van der Waals surface area (Å²) in [6, 6.07) is 6.44. The first-order valence-corrected chi connectivity index (χ1v) is 10.4. The summed E-state index contributed by atoms with van der Waals surface area (Å²) in [7, 11) is 0. The lowest BCUT2D eigenvalue weighted by Crippen LogP contribution is -2.51. The summed E-state index contributed by atoms with van der Waals surface area (Å²) in [5.41, 5.74) is 2.22. The summed E-state index contributed by atoms with van der Waals surface area (Å²) in [5.74, 6) is -0.999. The summed E-state index contributed by atoms with van der Waals surface area (Å²) in [6.07, 6.45) is 6.26. The van der Waals surface area contributed by atoms with E-state index in [0.717, 1.165) is 37.1 Å². The Morgan fingerprint density at radius 3 is 2.62 bits per heavy atom. The van der Waals surface area contributed by atoms with Gasteiger partial charge in [-0.25, -0.2) is 9.18 Å². The van der Waals surface area contributed by atoms with Crippen molar-refractivity contribution in [2.75, 3.05) is 6.54 Å². The number of urea groups is 1. The number of hydrogen-bond acceptors (Lipinski definition) is 4. The van der Waals surface area contributed by atoms with Gasteiger partial charge in [0, 0.05) is 31.1 Å². The molecule has 1 heterocycles. The van der Waals surface area contributed by atoms with Gasteiger partial charge in [-0.15, -0.1) is 0 Å². The van der Waals surface area contributed by atoms with Gasteiger partial charge in [0.05, 0.1) is 0 Å². The van der Waals surface area contributed by atoms with Gasteiger partial charge in [0.1, 0.15) is 11.4 Å². The fourth-order valence-electron chi connectivity index (χ4n) is 4.32. The van der Waals surface area contributed by atoms with E-state index < -0.39 is 11.6 Å². The number of halogens is 1. The lowest BCUT2D eigenvalue weighted by Gasteiger charge is -2.30. The molecule has 0 aromatic heterocycles. The topological polar surface area (TPSA) is 81.8 Å². The summed E-state index contributed by atoms with van der Waals surface area (Å²) in [4.78, 5) is 39.5. The molecule has 1 spiro atoms. The molecular weight excluding hydrogens is 375 g/mol. The monoisotopic (exact) mass is 402 g/mol. The molecular formula is C21H27FN4O3. The molecule has 3 aliphatic rings. The van der Waals surface area contributed by atoms with Crippen molar-refractivity contribution in [3.63, 3.8) is 0 Å². The molecule has 2 saturated carbocycles. The standard InChI is InChI=1S/C21H27FN4O3/c22-17-7-3-2-6-15(17)14-25(16-8-9-16)13-10-18(27)24-26-19(28)21(23-20(26)29)11-4-1-5-12-21/h2-3,6-7,16H,1,4-5,8-14H2,(H,23,29)(H,24,27). The smallest absolute Gasteiger partial charge is 0.322 e. The normalized spacial score (nSPS) is 21.0. The minimum atomic E-state index is -0.854. The molecule has 1 aromatic carbocycles. The number of imide groups is 1. The van der Waals surface area contributed by atoms with Gasteiger partial charge in [-0.05, 0) is 31.7 Å². The van der Waals surface area contributed by atoms with Gasteiger partial charge >= 0.3 is 6.03 Å². The third kappa shape index (κ3) is 4.27.